The van der Waals surface area contributed by atoms with Gasteiger partial charge in [0.1, 0.15) is 6.10 Å². The fourth-order valence-corrected chi connectivity index (χ4v) is 2.11. The molecule has 2 bridgehead atoms. The summed E-state index contributed by atoms with van der Waals surface area (Å²) in [6.07, 6.45) is 1.96. The lowest BCUT2D eigenvalue weighted by Crippen LogP contribution is -2.34. The van der Waals surface area contributed by atoms with Crippen LogP contribution in [0.1, 0.15) is 5.56 Å². The second kappa shape index (κ2) is 5.02. The van der Waals surface area contributed by atoms with Crippen LogP contribution in [0.4, 0.5) is 0 Å². The fraction of sp³-hybridized carbons (Fsp3) is 0.357. The molecule has 0 amide bonds. The number of hydrogen-bond acceptors (Lipinski definition) is 4. The first-order valence-electron chi connectivity index (χ1n) is 5.97. The van der Waals surface area contributed by atoms with Gasteiger partial charge in [0, 0.05) is 0 Å². The van der Waals surface area contributed by atoms with Crippen LogP contribution < -0.4 is 0 Å². The Morgan fingerprint density at radius 1 is 1.17 bits per heavy atom. The van der Waals surface area contributed by atoms with Gasteiger partial charge in [-0.2, -0.15) is 0 Å². The summed E-state index contributed by atoms with van der Waals surface area (Å²) in [7, 11) is 0. The van der Waals surface area contributed by atoms with E-state index in [4.69, 9.17) is 14.2 Å². The topological polar surface area (TPSA) is 44.8 Å². The van der Waals surface area contributed by atoms with Gasteiger partial charge >= 0.3 is 0 Å². The molecule has 0 unspecified atom stereocenters. The summed E-state index contributed by atoms with van der Waals surface area (Å²) in [6, 6.07) is 9.89. The van der Waals surface area contributed by atoms with Gasteiger partial charge < -0.3 is 14.2 Å². The first kappa shape index (κ1) is 11.6. The highest BCUT2D eigenvalue weighted by atomic mass is 16.7. The number of hydrogen-bond donors (Lipinski definition) is 0. The van der Waals surface area contributed by atoms with E-state index in [-0.39, 0.29) is 11.9 Å². The molecule has 4 nitrogen and oxygen atoms in total. The Labute approximate surface area is 105 Å². The maximum Gasteiger partial charge on any atom is 0.187 e. The minimum absolute atomic E-state index is 0.0444. The van der Waals surface area contributed by atoms with Crippen molar-refractivity contribution in [3.8, 4) is 0 Å². The second-order valence-corrected chi connectivity index (χ2v) is 4.36. The molecule has 1 aromatic rings. The minimum Gasteiger partial charge on any atom is -0.374 e. The summed E-state index contributed by atoms with van der Waals surface area (Å²) in [5, 5.41) is 0. The molecule has 0 radical (unpaired) electrons. The lowest BCUT2D eigenvalue weighted by molar-refractivity contribution is -0.127. The van der Waals surface area contributed by atoms with Gasteiger partial charge in [0.2, 0.25) is 0 Å². The van der Waals surface area contributed by atoms with Crippen molar-refractivity contribution >= 4 is 5.78 Å². The van der Waals surface area contributed by atoms with Crippen LogP contribution in [0.3, 0.4) is 0 Å². The fourth-order valence-electron chi connectivity index (χ4n) is 2.11. The van der Waals surface area contributed by atoms with Crippen LogP contribution in [-0.4, -0.2) is 30.9 Å². The first-order chi connectivity index (χ1) is 8.83. The Bertz CT molecular complexity index is 454. The molecule has 2 heterocycles. The van der Waals surface area contributed by atoms with E-state index in [0.29, 0.717) is 13.2 Å². The van der Waals surface area contributed by atoms with Crippen molar-refractivity contribution in [2.75, 3.05) is 6.61 Å². The third-order valence-corrected chi connectivity index (χ3v) is 3.02. The number of benzene rings is 1. The van der Waals surface area contributed by atoms with Crippen LogP contribution in [0.5, 0.6) is 0 Å². The van der Waals surface area contributed by atoms with E-state index >= 15 is 0 Å². The van der Waals surface area contributed by atoms with E-state index in [1.807, 2.05) is 30.3 Å². The molecule has 0 N–H and O–H groups in total. The first-order valence-corrected chi connectivity index (χ1v) is 5.97. The zero-order chi connectivity index (χ0) is 12.4. The van der Waals surface area contributed by atoms with Gasteiger partial charge in [-0.15, -0.1) is 0 Å². The predicted molar refractivity (Wildman–Crippen MR) is 63.8 cm³/mol. The third-order valence-electron chi connectivity index (χ3n) is 3.02. The van der Waals surface area contributed by atoms with Crippen LogP contribution in [0, 0.1) is 0 Å². The summed E-state index contributed by atoms with van der Waals surface area (Å²) >= 11 is 0. The Kier molecular flexibility index (Phi) is 3.23. The van der Waals surface area contributed by atoms with Crippen LogP contribution >= 0.6 is 0 Å². The van der Waals surface area contributed by atoms with Gasteiger partial charge in [-0.3, -0.25) is 4.79 Å². The average Bonchev–Trinajstić information content (AvgIpc) is 2.74. The highest BCUT2D eigenvalue weighted by Crippen LogP contribution is 2.25. The van der Waals surface area contributed by atoms with E-state index in [2.05, 4.69) is 0 Å². The monoisotopic (exact) mass is 246 g/mol. The Morgan fingerprint density at radius 3 is 2.83 bits per heavy atom. The predicted octanol–water partition coefficient (Wildman–Crippen LogP) is 1.45. The molecular formula is C14H14O4. The normalized spacial score (nSPS) is 29.8. The maximum atomic E-state index is 11.5. The number of carbonyl (C=O) groups excluding carboxylic acids is 1. The molecule has 3 rings (SSSR count). The van der Waals surface area contributed by atoms with Gasteiger partial charge in [-0.25, -0.2) is 0 Å². The molecular weight excluding hydrogens is 232 g/mol. The Hall–Kier alpha value is -1.49. The molecule has 3 atom stereocenters. The molecule has 2 aliphatic heterocycles. The summed E-state index contributed by atoms with van der Waals surface area (Å²) in [5.41, 5.74) is 1.10. The van der Waals surface area contributed by atoms with E-state index in [1.165, 1.54) is 6.08 Å². The van der Waals surface area contributed by atoms with E-state index in [9.17, 15) is 4.79 Å². The number of ketones is 1. The van der Waals surface area contributed by atoms with Crippen molar-refractivity contribution in [1.29, 1.82) is 0 Å². The molecule has 2 aliphatic rings. The van der Waals surface area contributed by atoms with E-state index in [0.717, 1.165) is 5.56 Å². The zero-order valence-corrected chi connectivity index (χ0v) is 9.82. The van der Waals surface area contributed by atoms with Gasteiger partial charge in [-0.05, 0) is 17.7 Å². The van der Waals surface area contributed by atoms with E-state index < -0.39 is 12.4 Å². The zero-order valence-electron chi connectivity index (χ0n) is 9.82. The molecule has 0 spiro atoms. The smallest absolute Gasteiger partial charge is 0.187 e. The SMILES string of the molecule is O=C1C=C[C@@H]2O[C@H]1[C@@H](COCc1ccccc1)O2. The van der Waals surface area contributed by atoms with Crippen molar-refractivity contribution < 1.29 is 19.0 Å². The van der Waals surface area contributed by atoms with Gasteiger partial charge in [-0.1, -0.05) is 30.3 Å². The summed E-state index contributed by atoms with van der Waals surface area (Å²) < 4.78 is 16.5. The standard InChI is InChI=1S/C14H14O4/c15-11-6-7-13-17-12(14(11)18-13)9-16-8-10-4-2-1-3-5-10/h1-7,12-14H,8-9H2/t12-,13+,14-/m1/s1. The molecule has 0 saturated carbocycles. The van der Waals surface area contributed by atoms with Crippen molar-refractivity contribution in [2.24, 2.45) is 0 Å². The van der Waals surface area contributed by atoms with Crippen LogP contribution in [0.25, 0.3) is 0 Å². The lowest BCUT2D eigenvalue weighted by atomic mass is 10.1. The van der Waals surface area contributed by atoms with Crippen molar-refractivity contribution in [2.45, 2.75) is 25.1 Å². The third kappa shape index (κ3) is 2.36. The van der Waals surface area contributed by atoms with Gasteiger partial charge in [0.05, 0.1) is 13.2 Å². The van der Waals surface area contributed by atoms with Crippen LogP contribution in [-0.2, 0) is 25.6 Å². The molecule has 1 fully saturated rings. The van der Waals surface area contributed by atoms with Crippen molar-refractivity contribution in [3.05, 3.63) is 48.0 Å². The van der Waals surface area contributed by atoms with Crippen LogP contribution in [0.15, 0.2) is 42.5 Å². The number of fused-ring (bicyclic) bond motifs is 2. The van der Waals surface area contributed by atoms with Crippen molar-refractivity contribution in [3.63, 3.8) is 0 Å². The lowest BCUT2D eigenvalue weighted by Gasteiger charge is -2.14. The quantitative estimate of drug-likeness (QED) is 0.806. The molecule has 1 aromatic carbocycles. The van der Waals surface area contributed by atoms with Gasteiger partial charge in [0.25, 0.3) is 0 Å². The summed E-state index contributed by atoms with van der Waals surface area (Å²) in [4.78, 5) is 11.5. The summed E-state index contributed by atoms with van der Waals surface area (Å²) in [5.74, 6) is -0.0444. The molecule has 18 heavy (non-hydrogen) atoms. The highest BCUT2D eigenvalue weighted by Gasteiger charge is 2.41. The molecule has 0 aromatic heterocycles. The Morgan fingerprint density at radius 2 is 2.00 bits per heavy atom. The molecule has 1 saturated heterocycles. The summed E-state index contributed by atoms with van der Waals surface area (Å²) in [6.45, 7) is 0.878. The second-order valence-electron chi connectivity index (χ2n) is 4.36. The number of carbonyl (C=O) groups is 1. The minimum atomic E-state index is -0.504. The maximum absolute atomic E-state index is 11.5. The largest absolute Gasteiger partial charge is 0.374 e. The van der Waals surface area contributed by atoms with E-state index in [1.54, 1.807) is 6.08 Å². The van der Waals surface area contributed by atoms with Gasteiger partial charge in [0.15, 0.2) is 18.2 Å². The number of rotatable bonds is 4. The highest BCUT2D eigenvalue weighted by molar-refractivity contribution is 5.95. The molecule has 0 aliphatic carbocycles. The number of ether oxygens (including phenoxy) is 3. The van der Waals surface area contributed by atoms with Crippen molar-refractivity contribution in [1.82, 2.24) is 0 Å². The molecule has 4 heteroatoms. The Balaban J connectivity index is 1.51. The van der Waals surface area contributed by atoms with Crippen LogP contribution in [0.2, 0.25) is 0 Å². The molecule has 94 valence electrons. The average molecular weight is 246 g/mol.